The summed E-state index contributed by atoms with van der Waals surface area (Å²) in [6.45, 7) is 3.71. The van der Waals surface area contributed by atoms with Crippen LogP contribution in [0.5, 0.6) is 0 Å². The maximum atomic E-state index is 11.2. The molecule has 4 heteroatoms. The van der Waals surface area contributed by atoms with Gasteiger partial charge in [-0.15, -0.1) is 0 Å². The predicted octanol–water partition coefficient (Wildman–Crippen LogP) is 6.20. The zero-order valence-electron chi connectivity index (χ0n) is 18.6. The van der Waals surface area contributed by atoms with E-state index in [9.17, 15) is 9.90 Å². The number of nitrogens with two attached hydrogens (primary N) is 1. The third kappa shape index (κ3) is 19.9. The van der Waals surface area contributed by atoms with Gasteiger partial charge in [0, 0.05) is 0 Å². The van der Waals surface area contributed by atoms with Crippen molar-refractivity contribution in [2.75, 3.05) is 13.1 Å². The van der Waals surface area contributed by atoms with Crippen LogP contribution >= 0.6 is 0 Å². The van der Waals surface area contributed by atoms with Crippen LogP contribution in [-0.4, -0.2) is 30.2 Å². The lowest BCUT2D eigenvalue weighted by molar-refractivity contribution is -0.139. The van der Waals surface area contributed by atoms with Crippen LogP contribution in [0.25, 0.3) is 0 Å². The molecule has 0 saturated heterocycles. The summed E-state index contributed by atoms with van der Waals surface area (Å²) in [5.74, 6) is -0.735. The Bertz CT molecular complexity index is 359. The fraction of sp³-hybridized carbons (Fsp3) is 0.875. The molecule has 166 valence electrons. The SMILES string of the molecule is CCCCCCCC/C=C\CCCCCCCCN[C@@H](CCCCN)C(=O)O. The number of hydrogen-bond acceptors (Lipinski definition) is 3. The summed E-state index contributed by atoms with van der Waals surface area (Å²) in [5.41, 5.74) is 5.46. The van der Waals surface area contributed by atoms with Gasteiger partial charge in [-0.25, -0.2) is 0 Å². The Morgan fingerprint density at radius 1 is 0.821 bits per heavy atom. The van der Waals surface area contributed by atoms with E-state index in [4.69, 9.17) is 5.73 Å². The number of unbranched alkanes of at least 4 members (excludes halogenated alkanes) is 13. The van der Waals surface area contributed by atoms with Crippen molar-refractivity contribution >= 4 is 5.97 Å². The second kappa shape index (κ2) is 22.4. The molecular formula is C24H48N2O2. The minimum absolute atomic E-state index is 0.408. The van der Waals surface area contributed by atoms with E-state index in [0.717, 1.165) is 25.8 Å². The van der Waals surface area contributed by atoms with Gasteiger partial charge in [-0.05, 0) is 58.0 Å². The number of allylic oxidation sites excluding steroid dienone is 2. The van der Waals surface area contributed by atoms with Crippen molar-refractivity contribution < 1.29 is 9.90 Å². The first-order valence-electron chi connectivity index (χ1n) is 12.0. The van der Waals surface area contributed by atoms with Crippen LogP contribution in [0.1, 0.15) is 116 Å². The van der Waals surface area contributed by atoms with E-state index in [2.05, 4.69) is 24.4 Å². The molecular weight excluding hydrogens is 348 g/mol. The quantitative estimate of drug-likeness (QED) is 0.150. The lowest BCUT2D eigenvalue weighted by Gasteiger charge is -2.14. The number of aliphatic carboxylic acids is 1. The highest BCUT2D eigenvalue weighted by Crippen LogP contribution is 2.10. The summed E-state index contributed by atoms with van der Waals surface area (Å²) in [6.07, 6.45) is 25.4. The minimum Gasteiger partial charge on any atom is -0.480 e. The molecule has 0 radical (unpaired) electrons. The molecule has 0 aromatic rings. The standard InChI is InChI=1S/C24H48N2O2/c1-2-3-4-5-6-7-8-9-10-11-12-13-14-15-16-19-22-26-23(24(27)28)20-17-18-21-25/h9-10,23,26H,2-8,11-22,25H2,1H3,(H,27,28)/b10-9-/t23-/m0/s1. The van der Waals surface area contributed by atoms with Crippen LogP contribution in [0.2, 0.25) is 0 Å². The lowest BCUT2D eigenvalue weighted by Crippen LogP contribution is -2.37. The first-order chi connectivity index (χ1) is 13.7. The monoisotopic (exact) mass is 396 g/mol. The molecule has 4 nitrogen and oxygen atoms in total. The van der Waals surface area contributed by atoms with E-state index in [1.165, 1.54) is 83.5 Å². The van der Waals surface area contributed by atoms with E-state index in [-0.39, 0.29) is 0 Å². The Kier molecular flexibility index (Phi) is 21.7. The molecule has 0 saturated carbocycles. The molecule has 0 aromatic carbocycles. The number of carbonyl (C=O) groups is 1. The van der Waals surface area contributed by atoms with Gasteiger partial charge in [0.2, 0.25) is 0 Å². The molecule has 0 aromatic heterocycles. The van der Waals surface area contributed by atoms with E-state index in [0.29, 0.717) is 13.0 Å². The van der Waals surface area contributed by atoms with Gasteiger partial charge in [-0.2, -0.15) is 0 Å². The maximum absolute atomic E-state index is 11.2. The third-order valence-electron chi connectivity index (χ3n) is 5.32. The van der Waals surface area contributed by atoms with Crippen molar-refractivity contribution in [2.45, 2.75) is 122 Å². The maximum Gasteiger partial charge on any atom is 0.320 e. The Morgan fingerprint density at radius 2 is 1.36 bits per heavy atom. The van der Waals surface area contributed by atoms with E-state index in [1.807, 2.05) is 0 Å². The van der Waals surface area contributed by atoms with Gasteiger partial charge in [0.05, 0.1) is 0 Å². The van der Waals surface area contributed by atoms with Gasteiger partial charge in [0.25, 0.3) is 0 Å². The summed E-state index contributed by atoms with van der Waals surface area (Å²) in [6, 6.07) is -0.408. The predicted molar refractivity (Wildman–Crippen MR) is 122 cm³/mol. The molecule has 0 aliphatic heterocycles. The van der Waals surface area contributed by atoms with E-state index < -0.39 is 12.0 Å². The first kappa shape index (κ1) is 27.1. The number of hydrogen-bond donors (Lipinski definition) is 3. The largest absolute Gasteiger partial charge is 0.480 e. The Balaban J connectivity index is 3.34. The Morgan fingerprint density at radius 3 is 1.89 bits per heavy atom. The number of nitrogens with one attached hydrogen (secondary N) is 1. The van der Waals surface area contributed by atoms with Crippen molar-refractivity contribution in [3.05, 3.63) is 12.2 Å². The third-order valence-corrected chi connectivity index (χ3v) is 5.32. The molecule has 0 amide bonds. The zero-order chi connectivity index (χ0) is 20.7. The minimum atomic E-state index is -0.735. The summed E-state index contributed by atoms with van der Waals surface area (Å²) in [4.78, 5) is 11.2. The van der Waals surface area contributed by atoms with Crippen molar-refractivity contribution in [3.8, 4) is 0 Å². The smallest absolute Gasteiger partial charge is 0.320 e. The highest BCUT2D eigenvalue weighted by molar-refractivity contribution is 5.73. The molecule has 0 heterocycles. The van der Waals surface area contributed by atoms with Gasteiger partial charge in [-0.1, -0.05) is 83.3 Å². The molecule has 0 spiro atoms. The van der Waals surface area contributed by atoms with Crippen molar-refractivity contribution in [3.63, 3.8) is 0 Å². The van der Waals surface area contributed by atoms with Crippen LogP contribution in [0.15, 0.2) is 12.2 Å². The summed E-state index contributed by atoms with van der Waals surface area (Å²) >= 11 is 0. The van der Waals surface area contributed by atoms with Gasteiger partial charge in [0.15, 0.2) is 0 Å². The second-order valence-electron chi connectivity index (χ2n) is 8.07. The van der Waals surface area contributed by atoms with Crippen LogP contribution in [-0.2, 0) is 4.79 Å². The lowest BCUT2D eigenvalue weighted by atomic mass is 10.1. The van der Waals surface area contributed by atoms with Crippen LogP contribution in [0.3, 0.4) is 0 Å². The Hall–Kier alpha value is -0.870. The number of rotatable bonds is 22. The normalized spacial score (nSPS) is 12.6. The number of carboxylic acids is 1. The van der Waals surface area contributed by atoms with Crippen LogP contribution in [0.4, 0.5) is 0 Å². The highest BCUT2D eigenvalue weighted by Gasteiger charge is 2.15. The van der Waals surface area contributed by atoms with Crippen molar-refractivity contribution in [1.29, 1.82) is 0 Å². The van der Waals surface area contributed by atoms with E-state index >= 15 is 0 Å². The fourth-order valence-electron chi connectivity index (χ4n) is 3.45. The summed E-state index contributed by atoms with van der Waals surface area (Å²) in [7, 11) is 0. The topological polar surface area (TPSA) is 75.3 Å². The first-order valence-corrected chi connectivity index (χ1v) is 12.0. The van der Waals surface area contributed by atoms with Crippen molar-refractivity contribution in [2.24, 2.45) is 5.73 Å². The second-order valence-corrected chi connectivity index (χ2v) is 8.07. The molecule has 0 unspecified atom stereocenters. The number of carboxylic acid groups (broad SMARTS) is 1. The van der Waals surface area contributed by atoms with Crippen LogP contribution < -0.4 is 11.1 Å². The average Bonchev–Trinajstić information content (AvgIpc) is 2.68. The molecule has 4 N–H and O–H groups in total. The van der Waals surface area contributed by atoms with Gasteiger partial charge >= 0.3 is 5.97 Å². The van der Waals surface area contributed by atoms with Gasteiger partial charge in [0.1, 0.15) is 6.04 Å². The molecule has 1 atom stereocenters. The fourth-order valence-corrected chi connectivity index (χ4v) is 3.45. The molecule has 0 aliphatic carbocycles. The molecule has 0 fully saturated rings. The zero-order valence-corrected chi connectivity index (χ0v) is 18.6. The molecule has 0 bridgehead atoms. The van der Waals surface area contributed by atoms with Crippen LogP contribution in [0, 0.1) is 0 Å². The van der Waals surface area contributed by atoms with E-state index in [1.54, 1.807) is 0 Å². The highest BCUT2D eigenvalue weighted by atomic mass is 16.4. The average molecular weight is 397 g/mol. The molecule has 0 rings (SSSR count). The molecule has 0 aliphatic rings. The summed E-state index contributed by atoms with van der Waals surface area (Å²) in [5, 5.41) is 12.4. The van der Waals surface area contributed by atoms with Gasteiger partial charge < -0.3 is 16.2 Å². The van der Waals surface area contributed by atoms with Gasteiger partial charge in [-0.3, -0.25) is 4.79 Å². The molecule has 28 heavy (non-hydrogen) atoms. The summed E-state index contributed by atoms with van der Waals surface area (Å²) < 4.78 is 0. The van der Waals surface area contributed by atoms with Crippen molar-refractivity contribution in [1.82, 2.24) is 5.32 Å². The Labute approximate surface area is 174 Å².